The van der Waals surface area contributed by atoms with E-state index in [4.69, 9.17) is 18.9 Å². The molecule has 2 aromatic rings. The van der Waals surface area contributed by atoms with Crippen LogP contribution in [0, 0.1) is 5.82 Å². The van der Waals surface area contributed by atoms with Crippen LogP contribution in [-0.4, -0.2) is 76.7 Å². The van der Waals surface area contributed by atoms with Crippen LogP contribution >= 0.6 is 0 Å². The minimum atomic E-state index is -0.412. The van der Waals surface area contributed by atoms with Gasteiger partial charge in [-0.15, -0.1) is 0 Å². The Hall–Kier alpha value is -2.84. The molecule has 0 saturated carbocycles. The van der Waals surface area contributed by atoms with E-state index in [1.807, 2.05) is 12.1 Å². The summed E-state index contributed by atoms with van der Waals surface area (Å²) in [6.07, 6.45) is 0.942. The second-order valence-corrected chi connectivity index (χ2v) is 7.20. The molecule has 0 aromatic heterocycles. The summed E-state index contributed by atoms with van der Waals surface area (Å²) < 4.78 is 35.4. The van der Waals surface area contributed by atoms with Crippen LogP contribution in [0.4, 0.5) is 4.39 Å². The van der Waals surface area contributed by atoms with Gasteiger partial charge >= 0.3 is 0 Å². The summed E-state index contributed by atoms with van der Waals surface area (Å²) in [6, 6.07) is 9.62. The molecule has 0 spiro atoms. The van der Waals surface area contributed by atoms with Crippen molar-refractivity contribution in [3.63, 3.8) is 0 Å². The largest absolute Gasteiger partial charge is 0.493 e. The van der Waals surface area contributed by atoms with E-state index >= 15 is 0 Å². The Balaban J connectivity index is 1.59. The zero-order valence-electron chi connectivity index (χ0n) is 18.2. The van der Waals surface area contributed by atoms with Crippen molar-refractivity contribution in [2.75, 3.05) is 60.7 Å². The van der Waals surface area contributed by atoms with E-state index in [1.54, 1.807) is 39.5 Å². The molecule has 0 radical (unpaired) electrons. The fraction of sp³-hybridized carbons (Fsp3) is 0.435. The lowest BCUT2D eigenvalue weighted by Crippen LogP contribution is -2.48. The molecule has 0 amide bonds. The van der Waals surface area contributed by atoms with Gasteiger partial charge in [0.15, 0.2) is 23.1 Å². The lowest BCUT2D eigenvalue weighted by Gasteiger charge is -2.37. The zero-order chi connectivity index (χ0) is 22.2. The highest BCUT2D eigenvalue weighted by Gasteiger charge is 2.27. The molecule has 1 fully saturated rings. The maximum absolute atomic E-state index is 13.6. The number of nitrogens with zero attached hydrogens (tertiary/aromatic N) is 2. The average molecular weight is 432 g/mol. The molecule has 2 aromatic carbocycles. The molecule has 1 aliphatic rings. The van der Waals surface area contributed by atoms with Gasteiger partial charge in [-0.1, -0.05) is 12.1 Å². The van der Waals surface area contributed by atoms with E-state index in [0.717, 1.165) is 38.0 Å². The molecule has 31 heavy (non-hydrogen) atoms. The number of carbonyl (C=O) groups excluding carboxylic acids is 1. The van der Waals surface area contributed by atoms with E-state index in [1.165, 1.54) is 6.07 Å². The number of benzene rings is 2. The first-order valence-electron chi connectivity index (χ1n) is 10.2. The minimum Gasteiger partial charge on any atom is -0.493 e. The highest BCUT2D eigenvalue weighted by Crippen LogP contribution is 2.40. The highest BCUT2D eigenvalue weighted by molar-refractivity contribution is 5.65. The number of rotatable bonds is 10. The van der Waals surface area contributed by atoms with Gasteiger partial charge in [-0.05, 0) is 29.8 Å². The van der Waals surface area contributed by atoms with Gasteiger partial charge < -0.3 is 23.7 Å². The van der Waals surface area contributed by atoms with Crippen molar-refractivity contribution in [2.45, 2.75) is 6.04 Å². The Kier molecular flexibility index (Phi) is 8.08. The summed E-state index contributed by atoms with van der Waals surface area (Å²) in [4.78, 5) is 16.3. The van der Waals surface area contributed by atoms with Gasteiger partial charge in [0.1, 0.15) is 12.9 Å². The fourth-order valence-electron chi connectivity index (χ4n) is 3.76. The number of piperazine rings is 1. The smallest absolute Gasteiger partial charge is 0.203 e. The van der Waals surface area contributed by atoms with Gasteiger partial charge in [0, 0.05) is 32.7 Å². The summed E-state index contributed by atoms with van der Waals surface area (Å²) in [5, 5.41) is 0. The van der Waals surface area contributed by atoms with Gasteiger partial charge in [0.2, 0.25) is 5.75 Å². The second-order valence-electron chi connectivity index (χ2n) is 7.20. The monoisotopic (exact) mass is 432 g/mol. The van der Waals surface area contributed by atoms with Gasteiger partial charge in [-0.2, -0.15) is 0 Å². The van der Waals surface area contributed by atoms with Crippen LogP contribution in [0.25, 0.3) is 0 Å². The van der Waals surface area contributed by atoms with Crippen LogP contribution in [0.15, 0.2) is 36.4 Å². The van der Waals surface area contributed by atoms with Crippen LogP contribution < -0.4 is 18.9 Å². The molecule has 1 unspecified atom stereocenters. The van der Waals surface area contributed by atoms with Crippen LogP contribution in [0.1, 0.15) is 11.6 Å². The maximum Gasteiger partial charge on any atom is 0.203 e. The predicted molar refractivity (Wildman–Crippen MR) is 115 cm³/mol. The molecular weight excluding hydrogens is 403 g/mol. The van der Waals surface area contributed by atoms with Crippen LogP contribution in [0.2, 0.25) is 0 Å². The molecule has 168 valence electrons. The summed E-state index contributed by atoms with van der Waals surface area (Å²) in [5.74, 6) is 1.45. The lowest BCUT2D eigenvalue weighted by atomic mass is 10.0. The van der Waals surface area contributed by atoms with Gasteiger partial charge in [0.05, 0.1) is 27.4 Å². The summed E-state index contributed by atoms with van der Waals surface area (Å²) in [7, 11) is 4.66. The molecule has 0 bridgehead atoms. The number of hydrogen-bond donors (Lipinski definition) is 0. The molecule has 1 aliphatic heterocycles. The highest BCUT2D eigenvalue weighted by atomic mass is 19.1. The molecular formula is C23H29FN2O5. The molecule has 0 aliphatic carbocycles. The normalized spacial score (nSPS) is 15.9. The topological polar surface area (TPSA) is 60.5 Å². The number of halogens is 1. The maximum atomic E-state index is 13.6. The quantitative estimate of drug-likeness (QED) is 0.535. The Morgan fingerprint density at radius 1 is 0.968 bits per heavy atom. The SMILES string of the molecule is COc1cc(C(C=O)N2CCN(CCOc3ccccc3F)CC2)cc(OC)c1OC. The predicted octanol–water partition coefficient (Wildman–Crippen LogP) is 2.79. The van der Waals surface area contributed by atoms with Crippen molar-refractivity contribution < 1.29 is 28.1 Å². The number of hydrogen-bond acceptors (Lipinski definition) is 7. The Morgan fingerprint density at radius 2 is 1.61 bits per heavy atom. The standard InChI is InChI=1S/C23H29FN2O5/c1-28-21-14-17(15-22(29-2)23(21)30-3)19(16-27)26-10-8-25(9-11-26)12-13-31-20-7-5-4-6-18(20)24/h4-7,14-16,19H,8-13H2,1-3H3. The molecule has 1 saturated heterocycles. The van der Waals surface area contributed by atoms with Crippen LogP contribution in [0.5, 0.6) is 23.0 Å². The van der Waals surface area contributed by atoms with Crippen molar-refractivity contribution in [3.8, 4) is 23.0 Å². The van der Waals surface area contributed by atoms with Crippen molar-refractivity contribution >= 4 is 6.29 Å². The first-order valence-corrected chi connectivity index (χ1v) is 10.2. The third kappa shape index (κ3) is 5.45. The number of para-hydroxylation sites is 1. The molecule has 1 atom stereocenters. The first-order chi connectivity index (χ1) is 15.1. The number of carbonyl (C=O) groups is 1. The first kappa shape index (κ1) is 22.8. The van der Waals surface area contributed by atoms with E-state index in [9.17, 15) is 9.18 Å². The summed E-state index contributed by atoms with van der Waals surface area (Å²) in [5.41, 5.74) is 0.792. The van der Waals surface area contributed by atoms with Gasteiger partial charge in [-0.3, -0.25) is 9.80 Å². The second kappa shape index (κ2) is 11.0. The van der Waals surface area contributed by atoms with E-state index < -0.39 is 6.04 Å². The average Bonchev–Trinajstić information content (AvgIpc) is 2.81. The summed E-state index contributed by atoms with van der Waals surface area (Å²) in [6.45, 7) is 4.12. The van der Waals surface area contributed by atoms with Crippen LogP contribution in [0.3, 0.4) is 0 Å². The van der Waals surface area contributed by atoms with Gasteiger partial charge in [0.25, 0.3) is 0 Å². The van der Waals surface area contributed by atoms with Crippen LogP contribution in [-0.2, 0) is 4.79 Å². The Morgan fingerprint density at radius 3 is 2.16 bits per heavy atom. The number of ether oxygens (including phenoxy) is 4. The summed E-state index contributed by atoms with van der Waals surface area (Å²) >= 11 is 0. The fourth-order valence-corrected chi connectivity index (χ4v) is 3.76. The van der Waals surface area contributed by atoms with Crippen molar-refractivity contribution in [1.82, 2.24) is 9.80 Å². The van der Waals surface area contributed by atoms with E-state index in [2.05, 4.69) is 9.80 Å². The molecule has 7 nitrogen and oxygen atoms in total. The van der Waals surface area contributed by atoms with E-state index in [0.29, 0.717) is 30.4 Å². The zero-order valence-corrected chi connectivity index (χ0v) is 18.2. The molecule has 8 heteroatoms. The lowest BCUT2D eigenvalue weighted by molar-refractivity contribution is -0.113. The third-order valence-electron chi connectivity index (χ3n) is 5.46. The van der Waals surface area contributed by atoms with Crippen molar-refractivity contribution in [1.29, 1.82) is 0 Å². The Bertz CT molecular complexity index is 846. The number of methoxy groups -OCH3 is 3. The van der Waals surface area contributed by atoms with E-state index in [-0.39, 0.29) is 11.6 Å². The van der Waals surface area contributed by atoms with Gasteiger partial charge in [-0.25, -0.2) is 4.39 Å². The van der Waals surface area contributed by atoms with Crippen molar-refractivity contribution in [2.24, 2.45) is 0 Å². The molecule has 1 heterocycles. The van der Waals surface area contributed by atoms with Crippen molar-refractivity contribution in [3.05, 3.63) is 47.8 Å². The molecule has 0 N–H and O–H groups in total. The molecule has 3 rings (SSSR count). The third-order valence-corrected chi connectivity index (χ3v) is 5.46. The Labute approximate surface area is 182 Å². The minimum absolute atomic E-state index is 0.268. The number of aldehydes is 1.